The maximum Gasteiger partial charge on any atom is 0.227 e. The van der Waals surface area contributed by atoms with E-state index in [9.17, 15) is 9.90 Å². The fourth-order valence-corrected chi connectivity index (χ4v) is 3.38. The van der Waals surface area contributed by atoms with Crippen molar-refractivity contribution in [3.63, 3.8) is 0 Å². The number of rotatable bonds is 3. The molecule has 1 aliphatic rings. The molecule has 22 heavy (non-hydrogen) atoms. The lowest BCUT2D eigenvalue weighted by atomic mass is 10.2. The molecule has 1 fully saturated rings. The van der Waals surface area contributed by atoms with Gasteiger partial charge in [-0.15, -0.1) is 11.3 Å². The zero-order valence-electron chi connectivity index (χ0n) is 12.3. The van der Waals surface area contributed by atoms with E-state index in [2.05, 4.69) is 9.88 Å². The smallest absolute Gasteiger partial charge is 0.227 e. The van der Waals surface area contributed by atoms with E-state index in [-0.39, 0.29) is 5.91 Å². The molecule has 2 aromatic heterocycles. The van der Waals surface area contributed by atoms with Gasteiger partial charge in [0.2, 0.25) is 5.91 Å². The van der Waals surface area contributed by atoms with Crippen LogP contribution < -0.4 is 4.90 Å². The highest BCUT2D eigenvalue weighted by Crippen LogP contribution is 2.17. The minimum absolute atomic E-state index is 0.0816. The molecule has 0 spiro atoms. The molecule has 0 saturated carbocycles. The first kappa shape index (κ1) is 15.0. The van der Waals surface area contributed by atoms with Gasteiger partial charge in [-0.1, -0.05) is 6.07 Å². The van der Waals surface area contributed by atoms with E-state index in [1.54, 1.807) is 28.6 Å². The maximum absolute atomic E-state index is 12.4. The molecular weight excluding hydrogens is 298 g/mol. The number of amides is 1. The number of anilines is 1. The van der Waals surface area contributed by atoms with Gasteiger partial charge in [0.05, 0.1) is 12.5 Å². The van der Waals surface area contributed by atoms with Crippen LogP contribution >= 0.6 is 11.3 Å². The number of thiophene rings is 1. The molecule has 0 aliphatic carbocycles. The lowest BCUT2D eigenvalue weighted by molar-refractivity contribution is -0.131. The second kappa shape index (κ2) is 6.89. The maximum atomic E-state index is 12.4. The van der Waals surface area contributed by atoms with E-state index in [0.717, 1.165) is 17.1 Å². The number of hydrogen-bond acceptors (Lipinski definition) is 5. The molecule has 0 aromatic carbocycles. The van der Waals surface area contributed by atoms with Crippen molar-refractivity contribution < 1.29 is 9.90 Å². The van der Waals surface area contributed by atoms with E-state index >= 15 is 0 Å². The normalized spacial score (nSPS) is 19.0. The summed E-state index contributed by atoms with van der Waals surface area (Å²) in [5.41, 5.74) is 1.03. The van der Waals surface area contributed by atoms with Crippen molar-refractivity contribution in [1.29, 1.82) is 0 Å². The molecule has 1 unspecified atom stereocenters. The zero-order chi connectivity index (χ0) is 15.4. The van der Waals surface area contributed by atoms with Crippen molar-refractivity contribution in [3.05, 3.63) is 46.9 Å². The second-order valence-electron chi connectivity index (χ2n) is 5.40. The van der Waals surface area contributed by atoms with Crippen LogP contribution in [0, 0.1) is 0 Å². The molecular formula is C16H19N3O2S. The Bertz CT molecular complexity index is 603. The van der Waals surface area contributed by atoms with Gasteiger partial charge < -0.3 is 14.9 Å². The molecule has 1 amide bonds. The fraction of sp³-hybridized carbons (Fsp3) is 0.375. The monoisotopic (exact) mass is 317 g/mol. The van der Waals surface area contributed by atoms with Crippen molar-refractivity contribution in [2.24, 2.45) is 0 Å². The van der Waals surface area contributed by atoms with Crippen molar-refractivity contribution in [3.8, 4) is 0 Å². The Kier molecular flexibility index (Phi) is 4.70. The standard InChI is InChI=1S/C16H19N3O2S/c20-14-11-18(13-3-5-17-6-4-13)7-8-19(12-14)16(21)10-15-2-1-9-22-15/h1-6,9,14,20H,7-8,10-12H2. The van der Waals surface area contributed by atoms with Crippen LogP contribution in [0.1, 0.15) is 4.88 Å². The van der Waals surface area contributed by atoms with E-state index < -0.39 is 6.10 Å². The van der Waals surface area contributed by atoms with Crippen LogP contribution in [0.4, 0.5) is 5.69 Å². The number of nitrogens with zero attached hydrogens (tertiary/aromatic N) is 3. The molecule has 1 aliphatic heterocycles. The lowest BCUT2D eigenvalue weighted by Gasteiger charge is -2.23. The topological polar surface area (TPSA) is 56.7 Å². The largest absolute Gasteiger partial charge is 0.389 e. The quantitative estimate of drug-likeness (QED) is 0.929. The summed E-state index contributed by atoms with van der Waals surface area (Å²) in [5.74, 6) is 0.0816. The number of pyridine rings is 1. The minimum Gasteiger partial charge on any atom is -0.389 e. The summed E-state index contributed by atoms with van der Waals surface area (Å²) in [6.07, 6.45) is 3.36. The summed E-state index contributed by atoms with van der Waals surface area (Å²) in [4.78, 5) is 21.4. The predicted molar refractivity (Wildman–Crippen MR) is 87.1 cm³/mol. The number of carbonyl (C=O) groups is 1. The first-order valence-corrected chi connectivity index (χ1v) is 8.23. The Morgan fingerprint density at radius 3 is 2.82 bits per heavy atom. The van der Waals surface area contributed by atoms with Crippen molar-refractivity contribution >= 4 is 22.9 Å². The SMILES string of the molecule is O=C(Cc1cccs1)N1CCN(c2ccncc2)CC(O)C1. The lowest BCUT2D eigenvalue weighted by Crippen LogP contribution is -2.38. The van der Waals surface area contributed by atoms with Gasteiger partial charge in [-0.3, -0.25) is 9.78 Å². The number of aromatic nitrogens is 1. The molecule has 0 radical (unpaired) electrons. The molecule has 0 bridgehead atoms. The Balaban J connectivity index is 1.65. The summed E-state index contributed by atoms with van der Waals surface area (Å²) in [5, 5.41) is 12.2. The first-order valence-electron chi connectivity index (χ1n) is 7.35. The number of aliphatic hydroxyl groups is 1. The average molecular weight is 317 g/mol. The first-order chi connectivity index (χ1) is 10.7. The van der Waals surface area contributed by atoms with Crippen LogP contribution in [0.2, 0.25) is 0 Å². The number of β-amino-alcohol motifs (C(OH)–C–C–N with tert-alkyl or cyclic N) is 1. The van der Waals surface area contributed by atoms with Crippen LogP contribution in [0.15, 0.2) is 42.0 Å². The summed E-state index contributed by atoms with van der Waals surface area (Å²) >= 11 is 1.59. The average Bonchev–Trinajstić information content (AvgIpc) is 2.95. The highest BCUT2D eigenvalue weighted by molar-refractivity contribution is 7.10. The van der Waals surface area contributed by atoms with Gasteiger partial charge in [0.15, 0.2) is 0 Å². The Morgan fingerprint density at radius 2 is 2.09 bits per heavy atom. The van der Waals surface area contributed by atoms with E-state index in [1.165, 1.54) is 0 Å². The zero-order valence-corrected chi connectivity index (χ0v) is 13.1. The van der Waals surface area contributed by atoms with Crippen LogP contribution in [-0.4, -0.2) is 53.2 Å². The third-order valence-corrected chi connectivity index (χ3v) is 4.66. The molecule has 1 N–H and O–H groups in total. The van der Waals surface area contributed by atoms with E-state index in [4.69, 9.17) is 0 Å². The molecule has 6 heteroatoms. The van der Waals surface area contributed by atoms with Gasteiger partial charge in [-0.05, 0) is 23.6 Å². The Labute approximate surface area is 133 Å². The van der Waals surface area contributed by atoms with E-state index in [1.807, 2.05) is 29.6 Å². The van der Waals surface area contributed by atoms with Crippen molar-refractivity contribution in [2.75, 3.05) is 31.1 Å². The fourth-order valence-electron chi connectivity index (χ4n) is 2.68. The number of aliphatic hydroxyl groups excluding tert-OH is 1. The van der Waals surface area contributed by atoms with Gasteiger partial charge in [0.1, 0.15) is 0 Å². The Morgan fingerprint density at radius 1 is 1.27 bits per heavy atom. The predicted octanol–water partition coefficient (Wildman–Crippen LogP) is 1.40. The van der Waals surface area contributed by atoms with E-state index in [0.29, 0.717) is 26.1 Å². The number of carbonyl (C=O) groups excluding carboxylic acids is 1. The van der Waals surface area contributed by atoms with Crippen molar-refractivity contribution in [2.45, 2.75) is 12.5 Å². The molecule has 2 aromatic rings. The summed E-state index contributed by atoms with van der Waals surface area (Å²) in [6.45, 7) is 2.28. The molecule has 3 rings (SSSR count). The Hall–Kier alpha value is -1.92. The van der Waals surface area contributed by atoms with Gasteiger partial charge in [-0.2, -0.15) is 0 Å². The van der Waals surface area contributed by atoms with Gasteiger partial charge in [0, 0.05) is 49.1 Å². The third-order valence-electron chi connectivity index (χ3n) is 3.79. The van der Waals surface area contributed by atoms with Crippen LogP contribution in [0.3, 0.4) is 0 Å². The van der Waals surface area contributed by atoms with Gasteiger partial charge in [-0.25, -0.2) is 0 Å². The van der Waals surface area contributed by atoms with Gasteiger partial charge >= 0.3 is 0 Å². The highest BCUT2D eigenvalue weighted by atomic mass is 32.1. The van der Waals surface area contributed by atoms with Crippen molar-refractivity contribution in [1.82, 2.24) is 9.88 Å². The van der Waals surface area contributed by atoms with Crippen LogP contribution in [0.5, 0.6) is 0 Å². The van der Waals surface area contributed by atoms with Gasteiger partial charge in [0.25, 0.3) is 0 Å². The summed E-state index contributed by atoms with van der Waals surface area (Å²) in [7, 11) is 0. The summed E-state index contributed by atoms with van der Waals surface area (Å²) < 4.78 is 0. The molecule has 3 heterocycles. The second-order valence-corrected chi connectivity index (χ2v) is 6.43. The van der Waals surface area contributed by atoms with Crippen LogP contribution in [-0.2, 0) is 11.2 Å². The molecule has 5 nitrogen and oxygen atoms in total. The molecule has 1 saturated heterocycles. The highest BCUT2D eigenvalue weighted by Gasteiger charge is 2.24. The van der Waals surface area contributed by atoms with Crippen LogP contribution in [0.25, 0.3) is 0 Å². The number of hydrogen-bond donors (Lipinski definition) is 1. The third kappa shape index (κ3) is 3.64. The summed E-state index contributed by atoms with van der Waals surface area (Å²) in [6, 6.07) is 7.78. The molecule has 116 valence electrons. The molecule has 1 atom stereocenters. The minimum atomic E-state index is -0.539.